The lowest BCUT2D eigenvalue weighted by Gasteiger charge is -2.20. The summed E-state index contributed by atoms with van der Waals surface area (Å²) < 4.78 is 0. The number of aromatic hydroxyl groups is 1. The number of hydrogen-bond acceptors (Lipinski definition) is 4. The van der Waals surface area contributed by atoms with Crippen molar-refractivity contribution >= 4 is 17.3 Å². The van der Waals surface area contributed by atoms with Crippen LogP contribution in [0.1, 0.15) is 28.7 Å². The fourth-order valence-electron chi connectivity index (χ4n) is 4.19. The number of aryl methyl sites for hydroxylation is 2. The number of nitrogens with zero attached hydrogens (tertiary/aromatic N) is 1. The number of nitro groups is 1. The van der Waals surface area contributed by atoms with Crippen molar-refractivity contribution in [3.8, 4) is 5.75 Å². The molecule has 0 heterocycles. The van der Waals surface area contributed by atoms with E-state index in [1.54, 1.807) is 0 Å². The van der Waals surface area contributed by atoms with E-state index in [0.29, 0.717) is 6.42 Å². The number of hydrogen-bond donors (Lipinski definition) is 2. The van der Waals surface area contributed by atoms with Crippen molar-refractivity contribution in [1.82, 2.24) is 0 Å². The van der Waals surface area contributed by atoms with E-state index in [-0.39, 0.29) is 28.9 Å². The molecule has 1 aliphatic carbocycles. The quantitative estimate of drug-likeness (QED) is 0.362. The predicted octanol–water partition coefficient (Wildman–Crippen LogP) is 4.86. The molecule has 0 bridgehead atoms. The van der Waals surface area contributed by atoms with E-state index in [1.807, 2.05) is 50.2 Å². The molecule has 1 fully saturated rings. The molecule has 6 heteroatoms. The van der Waals surface area contributed by atoms with Gasteiger partial charge in [0.25, 0.3) is 5.69 Å². The lowest BCUT2D eigenvalue weighted by molar-refractivity contribution is -0.384. The highest BCUT2D eigenvalue weighted by Gasteiger charge is 2.60. The van der Waals surface area contributed by atoms with Gasteiger partial charge in [0.1, 0.15) is 5.75 Å². The third-order valence-corrected chi connectivity index (χ3v) is 5.79. The van der Waals surface area contributed by atoms with Crippen LogP contribution in [0.4, 0.5) is 11.4 Å². The average Bonchev–Trinajstić information content (AvgIpc) is 3.47. The number of phenolic OH excluding ortho intramolecular Hbond substituents is 1. The molecular weight excluding hydrogens is 380 g/mol. The molecule has 1 amide bonds. The standard InChI is InChI=1S/C24H22N2O4/c1-15-5-3-7-17(11-15)24(18-8-4-6-16(2)12-18)14-20(24)23(28)25-21-13-19(26(29)30)9-10-22(21)27/h3-13,20,27H,14H2,1-2H3,(H,25,28)/t20-/m1/s1. The maximum atomic E-state index is 13.1. The summed E-state index contributed by atoms with van der Waals surface area (Å²) in [7, 11) is 0. The summed E-state index contributed by atoms with van der Waals surface area (Å²) in [6.07, 6.45) is 0.626. The Kier molecular flexibility index (Phi) is 4.78. The van der Waals surface area contributed by atoms with Gasteiger partial charge < -0.3 is 10.4 Å². The molecule has 0 saturated heterocycles. The van der Waals surface area contributed by atoms with Gasteiger partial charge in [-0.2, -0.15) is 0 Å². The van der Waals surface area contributed by atoms with E-state index >= 15 is 0 Å². The molecular formula is C24H22N2O4. The van der Waals surface area contributed by atoms with Gasteiger partial charge in [-0.1, -0.05) is 59.7 Å². The summed E-state index contributed by atoms with van der Waals surface area (Å²) in [6, 6.07) is 19.9. The van der Waals surface area contributed by atoms with Gasteiger partial charge in [-0.3, -0.25) is 14.9 Å². The highest BCUT2D eigenvalue weighted by atomic mass is 16.6. The van der Waals surface area contributed by atoms with E-state index in [2.05, 4.69) is 17.4 Å². The third-order valence-electron chi connectivity index (χ3n) is 5.79. The van der Waals surface area contributed by atoms with Crippen molar-refractivity contribution in [3.05, 3.63) is 99.1 Å². The van der Waals surface area contributed by atoms with Crippen molar-refractivity contribution in [2.45, 2.75) is 25.7 Å². The van der Waals surface area contributed by atoms with Crippen molar-refractivity contribution in [2.75, 3.05) is 5.32 Å². The number of anilines is 1. The van der Waals surface area contributed by atoms with Crippen LogP contribution < -0.4 is 5.32 Å². The van der Waals surface area contributed by atoms with E-state index in [4.69, 9.17) is 0 Å². The minimum absolute atomic E-state index is 0.0449. The van der Waals surface area contributed by atoms with Gasteiger partial charge in [0, 0.05) is 17.5 Å². The fourth-order valence-corrected chi connectivity index (χ4v) is 4.19. The first-order valence-corrected chi connectivity index (χ1v) is 9.74. The number of non-ortho nitro benzene ring substituents is 1. The number of rotatable bonds is 5. The summed E-state index contributed by atoms with van der Waals surface area (Å²) in [6.45, 7) is 4.04. The molecule has 152 valence electrons. The highest BCUT2D eigenvalue weighted by Crippen LogP contribution is 2.59. The SMILES string of the molecule is Cc1cccc(C2(c3cccc(C)c3)C[C@@H]2C(=O)Nc2cc([N+](=O)[O-])ccc2O)c1. The Morgan fingerprint density at radius 1 is 1.03 bits per heavy atom. The summed E-state index contributed by atoms with van der Waals surface area (Å²) in [5, 5.41) is 23.8. The van der Waals surface area contributed by atoms with Gasteiger partial charge in [0.2, 0.25) is 5.91 Å². The second-order valence-electron chi connectivity index (χ2n) is 7.91. The van der Waals surface area contributed by atoms with Gasteiger partial charge >= 0.3 is 0 Å². The third kappa shape index (κ3) is 3.41. The van der Waals surface area contributed by atoms with Crippen molar-refractivity contribution in [1.29, 1.82) is 0 Å². The molecule has 30 heavy (non-hydrogen) atoms. The first-order chi connectivity index (χ1) is 14.3. The Morgan fingerprint density at radius 3 is 2.17 bits per heavy atom. The minimum Gasteiger partial charge on any atom is -0.506 e. The summed E-state index contributed by atoms with van der Waals surface area (Å²) in [5.74, 6) is -0.820. The molecule has 1 atom stereocenters. The molecule has 6 nitrogen and oxygen atoms in total. The second kappa shape index (κ2) is 7.30. The lowest BCUT2D eigenvalue weighted by atomic mass is 9.84. The first kappa shape index (κ1) is 19.6. The van der Waals surface area contributed by atoms with E-state index in [1.165, 1.54) is 18.2 Å². The van der Waals surface area contributed by atoms with Gasteiger partial charge in [-0.25, -0.2) is 0 Å². The zero-order valence-corrected chi connectivity index (χ0v) is 16.8. The van der Waals surface area contributed by atoms with Crippen LogP contribution in [0.15, 0.2) is 66.7 Å². The molecule has 3 aromatic carbocycles. The molecule has 0 aromatic heterocycles. The molecule has 2 N–H and O–H groups in total. The van der Waals surface area contributed by atoms with Crippen molar-refractivity contribution in [2.24, 2.45) is 5.92 Å². The smallest absolute Gasteiger partial charge is 0.271 e. The maximum Gasteiger partial charge on any atom is 0.271 e. The average molecular weight is 402 g/mol. The van der Waals surface area contributed by atoms with Gasteiger partial charge in [-0.15, -0.1) is 0 Å². The molecule has 0 aliphatic heterocycles. The summed E-state index contributed by atoms with van der Waals surface area (Å²) in [4.78, 5) is 23.6. The minimum atomic E-state index is -0.560. The van der Waals surface area contributed by atoms with Crippen LogP contribution in [-0.4, -0.2) is 15.9 Å². The van der Waals surface area contributed by atoms with Crippen molar-refractivity contribution in [3.63, 3.8) is 0 Å². The van der Waals surface area contributed by atoms with Crippen LogP contribution in [0.2, 0.25) is 0 Å². The number of phenols is 1. The lowest BCUT2D eigenvalue weighted by Crippen LogP contribution is -2.22. The van der Waals surface area contributed by atoms with Crippen molar-refractivity contribution < 1.29 is 14.8 Å². The second-order valence-corrected chi connectivity index (χ2v) is 7.91. The van der Waals surface area contributed by atoms with Gasteiger partial charge in [0.15, 0.2) is 0 Å². The molecule has 0 spiro atoms. The molecule has 1 aliphatic rings. The van der Waals surface area contributed by atoms with E-state index in [0.717, 1.165) is 22.3 Å². The Balaban J connectivity index is 1.70. The first-order valence-electron chi connectivity index (χ1n) is 9.74. The van der Waals surface area contributed by atoms with Crippen LogP contribution in [-0.2, 0) is 10.2 Å². The monoisotopic (exact) mass is 402 g/mol. The Hall–Kier alpha value is -3.67. The highest BCUT2D eigenvalue weighted by molar-refractivity contribution is 5.98. The predicted molar refractivity (Wildman–Crippen MR) is 115 cm³/mol. The Morgan fingerprint density at radius 2 is 1.63 bits per heavy atom. The Labute approximate surface area is 174 Å². The van der Waals surface area contributed by atoms with Crippen LogP contribution in [0, 0.1) is 29.9 Å². The number of benzene rings is 3. The van der Waals surface area contributed by atoms with Gasteiger partial charge in [0.05, 0.1) is 16.5 Å². The van der Waals surface area contributed by atoms with E-state index < -0.39 is 10.3 Å². The normalized spacial score (nSPS) is 16.7. The van der Waals surface area contributed by atoms with Gasteiger partial charge in [-0.05, 0) is 37.5 Å². The van der Waals surface area contributed by atoms with E-state index in [9.17, 15) is 20.0 Å². The van der Waals surface area contributed by atoms with Crippen LogP contribution in [0.25, 0.3) is 0 Å². The van der Waals surface area contributed by atoms with Crippen LogP contribution in [0.3, 0.4) is 0 Å². The zero-order valence-electron chi connectivity index (χ0n) is 16.8. The van der Waals surface area contributed by atoms with Crippen LogP contribution in [0.5, 0.6) is 5.75 Å². The Bertz CT molecular complexity index is 1110. The van der Waals surface area contributed by atoms with Crippen LogP contribution >= 0.6 is 0 Å². The number of nitrogens with one attached hydrogen (secondary N) is 1. The summed E-state index contributed by atoms with van der Waals surface area (Å²) >= 11 is 0. The number of amides is 1. The maximum absolute atomic E-state index is 13.1. The molecule has 4 rings (SSSR count). The largest absolute Gasteiger partial charge is 0.506 e. The summed E-state index contributed by atoms with van der Waals surface area (Å²) in [5.41, 5.74) is 3.75. The molecule has 0 radical (unpaired) electrons. The topological polar surface area (TPSA) is 92.5 Å². The molecule has 3 aromatic rings. The number of carbonyl (C=O) groups excluding carboxylic acids is 1. The fraction of sp³-hybridized carbons (Fsp3) is 0.208. The zero-order chi connectivity index (χ0) is 21.5. The molecule has 0 unspecified atom stereocenters. The molecule has 1 saturated carbocycles. The number of carbonyl (C=O) groups is 1. The number of nitro benzene ring substituents is 1.